The number of halogens is 2. The summed E-state index contributed by atoms with van der Waals surface area (Å²) in [4.78, 5) is 2.31. The molecule has 1 saturated heterocycles. The Bertz CT molecular complexity index is 557. The van der Waals surface area contributed by atoms with E-state index in [0.29, 0.717) is 10.7 Å². The molecule has 0 aliphatic carbocycles. The molecule has 1 aliphatic heterocycles. The maximum Gasteiger partial charge on any atom is 0.187 e. The second-order valence-corrected chi connectivity index (χ2v) is 6.14. The van der Waals surface area contributed by atoms with Gasteiger partial charge in [-0.05, 0) is 29.9 Å². The van der Waals surface area contributed by atoms with E-state index in [4.69, 9.17) is 40.2 Å². The first-order chi connectivity index (χ1) is 11.1. The SMILES string of the molecule is Oc1c(Cl)cc(/C=N/NC(=S)NCCN2CCOCC2)cc1Cl. The van der Waals surface area contributed by atoms with Crippen LogP contribution in [0.3, 0.4) is 0 Å². The second kappa shape index (κ2) is 9.24. The molecule has 0 spiro atoms. The number of phenols is 1. The van der Waals surface area contributed by atoms with Crippen molar-refractivity contribution in [1.82, 2.24) is 15.6 Å². The highest BCUT2D eigenvalue weighted by atomic mass is 35.5. The minimum atomic E-state index is -0.140. The smallest absolute Gasteiger partial charge is 0.187 e. The molecule has 2 rings (SSSR count). The Morgan fingerprint density at radius 2 is 2.00 bits per heavy atom. The van der Waals surface area contributed by atoms with E-state index in [1.165, 1.54) is 6.21 Å². The summed E-state index contributed by atoms with van der Waals surface area (Å²) < 4.78 is 5.29. The van der Waals surface area contributed by atoms with Crippen LogP contribution in [0.25, 0.3) is 0 Å². The van der Waals surface area contributed by atoms with Gasteiger partial charge in [0.05, 0.1) is 29.5 Å². The standard InChI is InChI=1S/C14H18Cl2N4O2S/c15-11-7-10(8-12(16)13(11)21)9-18-19-14(23)17-1-2-20-3-5-22-6-4-20/h7-9,21H,1-6H2,(H2,17,19,23)/b18-9+. The van der Waals surface area contributed by atoms with Crippen LogP contribution in [-0.4, -0.2) is 60.7 Å². The zero-order valence-corrected chi connectivity index (χ0v) is 14.7. The average molecular weight is 377 g/mol. The monoisotopic (exact) mass is 376 g/mol. The molecule has 126 valence electrons. The molecule has 3 N–H and O–H groups in total. The van der Waals surface area contributed by atoms with Crippen LogP contribution >= 0.6 is 35.4 Å². The number of rotatable bonds is 5. The molecule has 0 unspecified atom stereocenters. The van der Waals surface area contributed by atoms with Crippen LogP contribution in [0.15, 0.2) is 17.2 Å². The topological polar surface area (TPSA) is 69.1 Å². The van der Waals surface area contributed by atoms with Gasteiger partial charge >= 0.3 is 0 Å². The molecule has 23 heavy (non-hydrogen) atoms. The van der Waals surface area contributed by atoms with Crippen LogP contribution in [0.2, 0.25) is 10.0 Å². The van der Waals surface area contributed by atoms with E-state index in [-0.39, 0.29) is 15.8 Å². The number of morpholine rings is 1. The molecule has 9 heteroatoms. The molecule has 0 radical (unpaired) electrons. The van der Waals surface area contributed by atoms with Crippen molar-refractivity contribution in [2.75, 3.05) is 39.4 Å². The van der Waals surface area contributed by atoms with Crippen molar-refractivity contribution < 1.29 is 9.84 Å². The largest absolute Gasteiger partial charge is 0.505 e. The number of nitrogens with zero attached hydrogens (tertiary/aromatic N) is 2. The lowest BCUT2D eigenvalue weighted by molar-refractivity contribution is 0.0389. The predicted octanol–water partition coefficient (Wildman–Crippen LogP) is 1.83. The molecular weight excluding hydrogens is 359 g/mol. The van der Waals surface area contributed by atoms with E-state index in [2.05, 4.69) is 20.7 Å². The van der Waals surface area contributed by atoms with Crippen molar-refractivity contribution >= 4 is 46.7 Å². The Hall–Kier alpha value is -1.12. The molecule has 6 nitrogen and oxygen atoms in total. The number of hydrogen-bond acceptors (Lipinski definition) is 5. The molecule has 1 fully saturated rings. The predicted molar refractivity (Wildman–Crippen MR) is 96.7 cm³/mol. The highest BCUT2D eigenvalue weighted by Crippen LogP contribution is 2.32. The number of hydrazone groups is 1. The number of thiocarbonyl (C=S) groups is 1. The third-order valence-corrected chi connectivity index (χ3v) is 4.05. The lowest BCUT2D eigenvalue weighted by Gasteiger charge is -2.26. The summed E-state index contributed by atoms with van der Waals surface area (Å²) in [5.74, 6) is -0.140. The van der Waals surface area contributed by atoms with Crippen LogP contribution in [0, 0.1) is 0 Å². The molecule has 0 bridgehead atoms. The molecule has 0 amide bonds. The maximum absolute atomic E-state index is 9.48. The van der Waals surface area contributed by atoms with E-state index in [1.807, 2.05) is 0 Å². The summed E-state index contributed by atoms with van der Waals surface area (Å²) in [6, 6.07) is 3.12. The van der Waals surface area contributed by atoms with Gasteiger partial charge in [-0.1, -0.05) is 23.2 Å². The van der Waals surface area contributed by atoms with Gasteiger partial charge in [-0.3, -0.25) is 10.3 Å². The van der Waals surface area contributed by atoms with Gasteiger partial charge in [-0.15, -0.1) is 0 Å². The quantitative estimate of drug-likeness (QED) is 0.413. The van der Waals surface area contributed by atoms with Crippen molar-refractivity contribution in [1.29, 1.82) is 0 Å². The molecule has 0 atom stereocenters. The third-order valence-electron chi connectivity index (χ3n) is 3.24. The van der Waals surface area contributed by atoms with Crippen molar-refractivity contribution in [3.63, 3.8) is 0 Å². The molecular formula is C14H18Cl2N4O2S. The molecule has 1 aromatic carbocycles. The van der Waals surface area contributed by atoms with Gasteiger partial charge in [0.2, 0.25) is 0 Å². The van der Waals surface area contributed by atoms with Gasteiger partial charge in [0.1, 0.15) is 0 Å². The van der Waals surface area contributed by atoms with Crippen molar-refractivity contribution in [2.24, 2.45) is 5.10 Å². The normalized spacial score (nSPS) is 15.7. The van der Waals surface area contributed by atoms with Crippen LogP contribution in [0.4, 0.5) is 0 Å². The number of nitrogens with one attached hydrogen (secondary N) is 2. The number of ether oxygens (including phenoxy) is 1. The first-order valence-corrected chi connectivity index (χ1v) is 8.27. The van der Waals surface area contributed by atoms with E-state index in [1.54, 1.807) is 12.1 Å². The molecule has 0 aromatic heterocycles. The van der Waals surface area contributed by atoms with Crippen molar-refractivity contribution in [2.45, 2.75) is 0 Å². The fourth-order valence-corrected chi connectivity index (χ4v) is 2.68. The van der Waals surface area contributed by atoms with E-state index in [0.717, 1.165) is 39.4 Å². The van der Waals surface area contributed by atoms with Crippen LogP contribution < -0.4 is 10.7 Å². The Morgan fingerprint density at radius 3 is 2.65 bits per heavy atom. The summed E-state index contributed by atoms with van der Waals surface area (Å²) >= 11 is 16.8. The summed E-state index contributed by atoms with van der Waals surface area (Å²) in [7, 11) is 0. The Kier molecular flexibility index (Phi) is 7.32. The molecule has 1 aromatic rings. The molecule has 1 aliphatic rings. The van der Waals surface area contributed by atoms with Gasteiger partial charge in [0.25, 0.3) is 0 Å². The minimum absolute atomic E-state index is 0.140. The lowest BCUT2D eigenvalue weighted by Crippen LogP contribution is -2.42. The van der Waals surface area contributed by atoms with Gasteiger partial charge in [0.15, 0.2) is 10.9 Å². The molecule has 0 saturated carbocycles. The maximum atomic E-state index is 9.48. The zero-order valence-electron chi connectivity index (χ0n) is 12.4. The Balaban J connectivity index is 1.71. The first kappa shape index (κ1) is 18.2. The highest BCUT2D eigenvalue weighted by Gasteiger charge is 2.09. The number of phenolic OH excluding ortho intramolecular Hbond substituents is 1. The third kappa shape index (κ3) is 6.12. The van der Waals surface area contributed by atoms with Gasteiger partial charge in [-0.2, -0.15) is 5.10 Å². The summed E-state index contributed by atoms with van der Waals surface area (Å²) in [6.07, 6.45) is 1.52. The van der Waals surface area contributed by atoms with Gasteiger partial charge < -0.3 is 15.2 Å². The summed E-state index contributed by atoms with van der Waals surface area (Å²) in [5, 5.41) is 17.3. The lowest BCUT2D eigenvalue weighted by atomic mass is 10.2. The number of hydrogen-bond donors (Lipinski definition) is 3. The average Bonchev–Trinajstić information content (AvgIpc) is 2.53. The van der Waals surface area contributed by atoms with E-state index >= 15 is 0 Å². The Morgan fingerprint density at radius 1 is 1.35 bits per heavy atom. The van der Waals surface area contributed by atoms with Crippen LogP contribution in [0.1, 0.15) is 5.56 Å². The van der Waals surface area contributed by atoms with Gasteiger partial charge in [0, 0.05) is 26.2 Å². The van der Waals surface area contributed by atoms with E-state index < -0.39 is 0 Å². The fourth-order valence-electron chi connectivity index (χ4n) is 2.02. The second-order valence-electron chi connectivity index (χ2n) is 4.91. The molecule has 1 heterocycles. The Labute approximate surface area is 150 Å². The summed E-state index contributed by atoms with van der Waals surface area (Å²) in [5.41, 5.74) is 3.37. The minimum Gasteiger partial charge on any atom is -0.505 e. The van der Waals surface area contributed by atoms with E-state index in [9.17, 15) is 5.11 Å². The van der Waals surface area contributed by atoms with Gasteiger partial charge in [-0.25, -0.2) is 0 Å². The number of aromatic hydroxyl groups is 1. The van der Waals surface area contributed by atoms with Crippen molar-refractivity contribution in [3.8, 4) is 5.75 Å². The van der Waals surface area contributed by atoms with Crippen molar-refractivity contribution in [3.05, 3.63) is 27.7 Å². The number of benzene rings is 1. The zero-order chi connectivity index (χ0) is 16.7. The summed E-state index contributed by atoms with van der Waals surface area (Å²) in [6.45, 7) is 5.09. The highest BCUT2D eigenvalue weighted by molar-refractivity contribution is 7.80. The van der Waals surface area contributed by atoms with Crippen LogP contribution in [-0.2, 0) is 4.74 Å². The fraction of sp³-hybridized carbons (Fsp3) is 0.429. The van der Waals surface area contributed by atoms with Crippen LogP contribution in [0.5, 0.6) is 5.75 Å². The first-order valence-electron chi connectivity index (χ1n) is 7.11.